The van der Waals surface area contributed by atoms with E-state index in [9.17, 15) is 0 Å². The van der Waals surface area contributed by atoms with E-state index >= 15 is 0 Å². The van der Waals surface area contributed by atoms with Crippen LogP contribution in [0.4, 0.5) is 0 Å². The summed E-state index contributed by atoms with van der Waals surface area (Å²) in [7, 11) is 0. The van der Waals surface area contributed by atoms with Crippen molar-refractivity contribution in [2.24, 2.45) is 0 Å². The molecule has 0 saturated carbocycles. The Hall–Kier alpha value is -1.75. The van der Waals surface area contributed by atoms with E-state index in [1.54, 1.807) is 6.20 Å². The highest BCUT2D eigenvalue weighted by Gasteiger charge is 2.04. The first-order chi connectivity index (χ1) is 7.69. The van der Waals surface area contributed by atoms with Crippen LogP contribution < -0.4 is 5.32 Å². The van der Waals surface area contributed by atoms with Crippen molar-refractivity contribution < 1.29 is 0 Å². The summed E-state index contributed by atoms with van der Waals surface area (Å²) in [5, 5.41) is 2.72. The third kappa shape index (κ3) is 3.13. The van der Waals surface area contributed by atoms with Gasteiger partial charge in [-0.2, -0.15) is 0 Å². The van der Waals surface area contributed by atoms with Crippen LogP contribution in [0.2, 0.25) is 0 Å². The van der Waals surface area contributed by atoms with Crippen LogP contribution in [0.15, 0.2) is 18.5 Å². The van der Waals surface area contributed by atoms with E-state index < -0.39 is 0 Å². The van der Waals surface area contributed by atoms with Crippen molar-refractivity contribution >= 4 is 6.08 Å². The molecular formula is C14H18N2. The van der Waals surface area contributed by atoms with Crippen molar-refractivity contribution in [3.63, 3.8) is 0 Å². The molecule has 0 saturated heterocycles. The van der Waals surface area contributed by atoms with Gasteiger partial charge in [0.15, 0.2) is 0 Å². The number of rotatable bonds is 4. The van der Waals surface area contributed by atoms with Crippen LogP contribution in [-0.2, 0) is 6.42 Å². The van der Waals surface area contributed by atoms with Gasteiger partial charge in [0.25, 0.3) is 0 Å². The lowest BCUT2D eigenvalue weighted by Crippen LogP contribution is -1.98. The fourth-order valence-electron chi connectivity index (χ4n) is 1.46. The van der Waals surface area contributed by atoms with Crippen molar-refractivity contribution in [1.82, 2.24) is 10.3 Å². The minimum Gasteiger partial charge on any atom is -0.322 e. The molecule has 0 aliphatic rings. The number of aromatic nitrogens is 1. The quantitative estimate of drug-likeness (QED) is 0.615. The predicted octanol–water partition coefficient (Wildman–Crippen LogP) is 2.92. The highest BCUT2D eigenvalue weighted by molar-refractivity contribution is 5.54. The lowest BCUT2D eigenvalue weighted by atomic mass is 10.0. The standard InChI is InChI=1S/C14H18N2/c1-5-12-10-16-14(11(3)4)9-13(12)7-8-15-6-2/h2,7-11,15H,5H2,1,3-4H3/b8-7-. The molecule has 1 rings (SSSR count). The number of hydrogen-bond donors (Lipinski definition) is 1. The average Bonchev–Trinajstić information content (AvgIpc) is 2.29. The van der Waals surface area contributed by atoms with Gasteiger partial charge in [-0.15, -0.1) is 0 Å². The molecule has 0 amide bonds. The van der Waals surface area contributed by atoms with Gasteiger partial charge in [-0.05, 0) is 35.6 Å². The second-order valence-corrected chi connectivity index (χ2v) is 3.94. The van der Waals surface area contributed by atoms with Crippen molar-refractivity contribution in [1.29, 1.82) is 0 Å². The highest BCUT2D eigenvalue weighted by atomic mass is 14.8. The van der Waals surface area contributed by atoms with Gasteiger partial charge in [0.1, 0.15) is 0 Å². The van der Waals surface area contributed by atoms with Crippen LogP contribution in [0.5, 0.6) is 0 Å². The normalized spacial score (nSPS) is 10.7. The second kappa shape index (κ2) is 5.97. The Labute approximate surface area is 97.8 Å². The van der Waals surface area contributed by atoms with E-state index in [2.05, 4.69) is 43.2 Å². The molecule has 1 heterocycles. The average molecular weight is 214 g/mol. The van der Waals surface area contributed by atoms with E-state index in [1.807, 2.05) is 12.3 Å². The van der Waals surface area contributed by atoms with Gasteiger partial charge in [0.05, 0.1) is 0 Å². The molecule has 2 heteroatoms. The third-order valence-electron chi connectivity index (χ3n) is 2.45. The number of nitrogens with zero attached hydrogens (tertiary/aromatic N) is 1. The maximum Gasteiger partial charge on any atom is 0.0435 e. The lowest BCUT2D eigenvalue weighted by Gasteiger charge is -2.08. The van der Waals surface area contributed by atoms with Crippen LogP contribution in [0.3, 0.4) is 0 Å². The number of terminal acetylenes is 1. The van der Waals surface area contributed by atoms with E-state index in [4.69, 9.17) is 6.42 Å². The van der Waals surface area contributed by atoms with Crippen LogP contribution in [0.1, 0.15) is 43.5 Å². The number of nitrogens with one attached hydrogen (secondary N) is 1. The molecule has 0 aromatic carbocycles. The van der Waals surface area contributed by atoms with Gasteiger partial charge in [-0.1, -0.05) is 27.2 Å². The summed E-state index contributed by atoms with van der Waals surface area (Å²) in [6, 6.07) is 4.48. The minimum atomic E-state index is 0.443. The topological polar surface area (TPSA) is 24.9 Å². The number of hydrogen-bond acceptors (Lipinski definition) is 2. The fourth-order valence-corrected chi connectivity index (χ4v) is 1.46. The summed E-state index contributed by atoms with van der Waals surface area (Å²) in [6.45, 7) is 6.40. The molecule has 0 aliphatic carbocycles. The van der Waals surface area contributed by atoms with Gasteiger partial charge in [0, 0.05) is 24.1 Å². The summed E-state index contributed by atoms with van der Waals surface area (Å²) in [6.07, 6.45) is 11.8. The van der Waals surface area contributed by atoms with Crippen molar-refractivity contribution in [3.8, 4) is 12.5 Å². The molecule has 0 aliphatic heterocycles. The molecule has 0 bridgehead atoms. The first-order valence-electron chi connectivity index (χ1n) is 5.55. The molecule has 84 valence electrons. The summed E-state index contributed by atoms with van der Waals surface area (Å²) >= 11 is 0. The van der Waals surface area contributed by atoms with E-state index in [1.165, 1.54) is 11.1 Å². The lowest BCUT2D eigenvalue weighted by molar-refractivity contribution is 0.818. The Kier molecular flexibility index (Phi) is 4.60. The highest BCUT2D eigenvalue weighted by Crippen LogP contribution is 2.17. The molecule has 2 nitrogen and oxygen atoms in total. The SMILES string of the molecule is C#CN/C=C\c1cc(C(C)C)ncc1CC. The van der Waals surface area contributed by atoms with E-state index in [-0.39, 0.29) is 0 Å². The summed E-state index contributed by atoms with van der Waals surface area (Å²) < 4.78 is 0. The van der Waals surface area contributed by atoms with Gasteiger partial charge in [-0.3, -0.25) is 4.98 Å². The minimum absolute atomic E-state index is 0.443. The number of aryl methyl sites for hydroxylation is 1. The largest absolute Gasteiger partial charge is 0.322 e. The molecular weight excluding hydrogens is 196 g/mol. The van der Waals surface area contributed by atoms with Gasteiger partial charge in [0.2, 0.25) is 0 Å². The number of pyridine rings is 1. The zero-order valence-electron chi connectivity index (χ0n) is 10.1. The molecule has 0 unspecified atom stereocenters. The third-order valence-corrected chi connectivity index (χ3v) is 2.45. The molecule has 1 N–H and O–H groups in total. The van der Waals surface area contributed by atoms with Crippen molar-refractivity contribution in [3.05, 3.63) is 35.3 Å². The van der Waals surface area contributed by atoms with Crippen molar-refractivity contribution in [2.75, 3.05) is 0 Å². The first-order valence-corrected chi connectivity index (χ1v) is 5.55. The smallest absolute Gasteiger partial charge is 0.0435 e. The van der Waals surface area contributed by atoms with E-state index in [0.29, 0.717) is 5.92 Å². The molecule has 16 heavy (non-hydrogen) atoms. The van der Waals surface area contributed by atoms with E-state index in [0.717, 1.165) is 12.1 Å². The molecule has 0 spiro atoms. The Morgan fingerprint density at radius 2 is 2.31 bits per heavy atom. The zero-order valence-corrected chi connectivity index (χ0v) is 10.1. The molecule has 1 aromatic heterocycles. The molecule has 1 aromatic rings. The predicted molar refractivity (Wildman–Crippen MR) is 68.7 cm³/mol. The molecule has 0 radical (unpaired) electrons. The summed E-state index contributed by atoms with van der Waals surface area (Å²) in [5.41, 5.74) is 3.53. The maximum atomic E-state index is 5.12. The Morgan fingerprint density at radius 3 is 2.88 bits per heavy atom. The second-order valence-electron chi connectivity index (χ2n) is 3.94. The Balaban J connectivity index is 3.03. The van der Waals surface area contributed by atoms with Crippen LogP contribution in [-0.4, -0.2) is 4.98 Å². The fraction of sp³-hybridized carbons (Fsp3) is 0.357. The zero-order chi connectivity index (χ0) is 12.0. The van der Waals surface area contributed by atoms with Gasteiger partial charge < -0.3 is 5.32 Å². The Bertz CT molecular complexity index is 411. The maximum absolute atomic E-state index is 5.12. The molecule has 0 fully saturated rings. The van der Waals surface area contributed by atoms with Crippen LogP contribution >= 0.6 is 0 Å². The molecule has 0 atom stereocenters. The monoisotopic (exact) mass is 214 g/mol. The summed E-state index contributed by atoms with van der Waals surface area (Å²) in [5.74, 6) is 0.443. The summed E-state index contributed by atoms with van der Waals surface area (Å²) in [4.78, 5) is 4.44. The van der Waals surface area contributed by atoms with Crippen molar-refractivity contribution in [2.45, 2.75) is 33.1 Å². The Morgan fingerprint density at radius 1 is 1.56 bits per heavy atom. The van der Waals surface area contributed by atoms with Crippen LogP contribution in [0, 0.1) is 12.5 Å². The van der Waals surface area contributed by atoms with Crippen LogP contribution in [0.25, 0.3) is 6.08 Å². The van der Waals surface area contributed by atoms with Gasteiger partial charge >= 0.3 is 0 Å². The first kappa shape index (κ1) is 12.3. The van der Waals surface area contributed by atoms with Gasteiger partial charge in [-0.25, -0.2) is 0 Å².